The molecule has 0 saturated carbocycles. The molecule has 23 heavy (non-hydrogen) atoms. The second-order valence-electron chi connectivity index (χ2n) is 6.45. The fraction of sp³-hybridized carbons (Fsp3) is 0.562. The zero-order chi connectivity index (χ0) is 17.0. The van der Waals surface area contributed by atoms with Crippen LogP contribution in [0.4, 0.5) is 4.79 Å². The molecular weight excluding hydrogens is 314 g/mol. The second-order valence-corrected chi connectivity index (χ2v) is 7.45. The van der Waals surface area contributed by atoms with E-state index >= 15 is 0 Å². The lowest BCUT2D eigenvalue weighted by Crippen LogP contribution is -2.49. The maximum absolute atomic E-state index is 12.5. The average Bonchev–Trinajstić information content (AvgIpc) is 2.96. The van der Waals surface area contributed by atoms with Crippen molar-refractivity contribution in [2.45, 2.75) is 45.4 Å². The molecule has 1 aliphatic heterocycles. The van der Waals surface area contributed by atoms with Gasteiger partial charge in [-0.05, 0) is 39.8 Å². The van der Waals surface area contributed by atoms with Gasteiger partial charge in [0.15, 0.2) is 0 Å². The van der Waals surface area contributed by atoms with Gasteiger partial charge in [-0.2, -0.15) is 0 Å². The van der Waals surface area contributed by atoms with E-state index in [1.807, 2.05) is 45.9 Å². The number of hydrogen-bond acceptors (Lipinski definition) is 5. The maximum atomic E-state index is 12.5. The number of pyridine rings is 1. The molecule has 2 amide bonds. The van der Waals surface area contributed by atoms with E-state index in [0.717, 1.165) is 5.69 Å². The molecule has 7 heteroatoms. The van der Waals surface area contributed by atoms with Gasteiger partial charge in [-0.3, -0.25) is 14.7 Å². The van der Waals surface area contributed by atoms with Gasteiger partial charge in [-0.15, -0.1) is 11.8 Å². The molecule has 2 atom stereocenters. The van der Waals surface area contributed by atoms with E-state index in [-0.39, 0.29) is 11.9 Å². The Morgan fingerprint density at radius 3 is 2.78 bits per heavy atom. The quantitative estimate of drug-likeness (QED) is 0.918. The van der Waals surface area contributed by atoms with Gasteiger partial charge >= 0.3 is 6.09 Å². The van der Waals surface area contributed by atoms with Crippen LogP contribution in [0.25, 0.3) is 0 Å². The van der Waals surface area contributed by atoms with Crippen LogP contribution in [0.5, 0.6) is 0 Å². The predicted octanol–water partition coefficient (Wildman–Crippen LogP) is 2.57. The monoisotopic (exact) mass is 337 g/mol. The van der Waals surface area contributed by atoms with Crippen molar-refractivity contribution < 1.29 is 14.3 Å². The lowest BCUT2D eigenvalue weighted by molar-refractivity contribution is -0.125. The number of carbonyl (C=O) groups excluding carboxylic acids is 2. The molecule has 0 aliphatic carbocycles. The molecule has 1 aliphatic rings. The van der Waals surface area contributed by atoms with Gasteiger partial charge in [0, 0.05) is 11.9 Å². The molecule has 2 rings (SSSR count). The topological polar surface area (TPSA) is 71.5 Å². The van der Waals surface area contributed by atoms with Crippen molar-refractivity contribution in [3.8, 4) is 0 Å². The fourth-order valence-electron chi connectivity index (χ4n) is 2.18. The van der Waals surface area contributed by atoms with E-state index in [4.69, 9.17) is 4.74 Å². The average molecular weight is 337 g/mol. The highest BCUT2D eigenvalue weighted by molar-refractivity contribution is 7.99. The van der Waals surface area contributed by atoms with Crippen LogP contribution < -0.4 is 5.32 Å². The minimum atomic E-state index is -0.577. The fourth-order valence-corrected chi connectivity index (χ4v) is 3.32. The van der Waals surface area contributed by atoms with Crippen LogP contribution in [-0.4, -0.2) is 45.2 Å². The standard InChI is InChI=1S/C16H23N3O3S/c1-11(12-7-5-6-8-17-12)18-14(20)13-9-23-10-19(13)15(21)22-16(2,3)4/h5-8,11,13H,9-10H2,1-4H3,(H,18,20)/t11-,13-/m1/s1. The summed E-state index contributed by atoms with van der Waals surface area (Å²) in [7, 11) is 0. The Morgan fingerprint density at radius 2 is 2.17 bits per heavy atom. The summed E-state index contributed by atoms with van der Waals surface area (Å²) in [6, 6.07) is 4.84. The SMILES string of the molecule is C[C@@H](NC(=O)[C@H]1CSCN1C(=O)OC(C)(C)C)c1ccccn1. The Hall–Kier alpha value is -1.76. The van der Waals surface area contributed by atoms with E-state index in [0.29, 0.717) is 11.6 Å². The number of ether oxygens (including phenoxy) is 1. The predicted molar refractivity (Wildman–Crippen MR) is 90.0 cm³/mol. The number of carbonyl (C=O) groups is 2. The largest absolute Gasteiger partial charge is 0.444 e. The molecule has 1 saturated heterocycles. The summed E-state index contributed by atoms with van der Waals surface area (Å²) in [6.07, 6.45) is 1.24. The zero-order valence-electron chi connectivity index (χ0n) is 13.9. The zero-order valence-corrected chi connectivity index (χ0v) is 14.7. The van der Waals surface area contributed by atoms with Crippen LogP contribution in [-0.2, 0) is 9.53 Å². The van der Waals surface area contributed by atoms with E-state index in [1.54, 1.807) is 18.0 Å². The molecule has 2 heterocycles. The Balaban J connectivity index is 1.99. The smallest absolute Gasteiger partial charge is 0.411 e. The van der Waals surface area contributed by atoms with Crippen molar-refractivity contribution in [2.75, 3.05) is 11.6 Å². The van der Waals surface area contributed by atoms with Gasteiger partial charge in [0.1, 0.15) is 11.6 Å². The number of rotatable bonds is 3. The highest BCUT2D eigenvalue weighted by atomic mass is 32.2. The van der Waals surface area contributed by atoms with Crippen LogP contribution >= 0.6 is 11.8 Å². The summed E-state index contributed by atoms with van der Waals surface area (Å²) >= 11 is 1.54. The molecule has 1 fully saturated rings. The Bertz CT molecular complexity index is 559. The summed E-state index contributed by atoms with van der Waals surface area (Å²) in [5, 5.41) is 2.92. The van der Waals surface area contributed by atoms with Gasteiger partial charge in [-0.1, -0.05) is 6.07 Å². The van der Waals surface area contributed by atoms with Crippen molar-refractivity contribution in [1.29, 1.82) is 0 Å². The van der Waals surface area contributed by atoms with E-state index < -0.39 is 17.7 Å². The first-order valence-electron chi connectivity index (χ1n) is 7.56. The third-order valence-electron chi connectivity index (χ3n) is 3.30. The third kappa shape index (κ3) is 4.86. The van der Waals surface area contributed by atoms with Gasteiger partial charge in [-0.25, -0.2) is 4.79 Å². The normalized spacial score (nSPS) is 19.3. The Labute approximate surface area is 141 Å². The van der Waals surface area contributed by atoms with Crippen molar-refractivity contribution in [2.24, 2.45) is 0 Å². The molecule has 0 aromatic carbocycles. The maximum Gasteiger partial charge on any atom is 0.411 e. The first kappa shape index (κ1) is 17.6. The van der Waals surface area contributed by atoms with E-state index in [9.17, 15) is 9.59 Å². The van der Waals surface area contributed by atoms with Crippen LogP contribution in [0, 0.1) is 0 Å². The van der Waals surface area contributed by atoms with Crippen LogP contribution in [0.1, 0.15) is 39.4 Å². The Kier molecular flexibility index (Phi) is 5.51. The van der Waals surface area contributed by atoms with Gasteiger partial charge in [0.25, 0.3) is 0 Å². The third-order valence-corrected chi connectivity index (χ3v) is 4.32. The first-order valence-corrected chi connectivity index (χ1v) is 8.72. The van der Waals surface area contributed by atoms with E-state index in [1.165, 1.54) is 4.90 Å². The molecule has 126 valence electrons. The molecule has 6 nitrogen and oxygen atoms in total. The molecule has 0 unspecified atom stereocenters. The number of thioether (sulfide) groups is 1. The summed E-state index contributed by atoms with van der Waals surface area (Å²) in [6.45, 7) is 7.31. The van der Waals surface area contributed by atoms with Crippen LogP contribution in [0.2, 0.25) is 0 Å². The molecule has 1 N–H and O–H groups in total. The summed E-state index contributed by atoms with van der Waals surface area (Å²) in [5.74, 6) is 0.851. The highest BCUT2D eigenvalue weighted by Crippen LogP contribution is 2.24. The van der Waals surface area contributed by atoms with Crippen molar-refractivity contribution in [1.82, 2.24) is 15.2 Å². The summed E-state index contributed by atoms with van der Waals surface area (Å²) < 4.78 is 5.37. The Morgan fingerprint density at radius 1 is 1.43 bits per heavy atom. The van der Waals surface area contributed by atoms with Crippen LogP contribution in [0.3, 0.4) is 0 Å². The number of nitrogens with zero attached hydrogens (tertiary/aromatic N) is 2. The molecule has 1 aromatic heterocycles. The number of aromatic nitrogens is 1. The number of hydrogen-bond donors (Lipinski definition) is 1. The lowest BCUT2D eigenvalue weighted by atomic mass is 10.2. The van der Waals surface area contributed by atoms with Crippen molar-refractivity contribution in [3.63, 3.8) is 0 Å². The number of nitrogens with one attached hydrogen (secondary N) is 1. The summed E-state index contributed by atoms with van der Waals surface area (Å²) in [4.78, 5) is 30.5. The molecule has 0 radical (unpaired) electrons. The summed E-state index contributed by atoms with van der Waals surface area (Å²) in [5.41, 5.74) is 0.211. The highest BCUT2D eigenvalue weighted by Gasteiger charge is 2.37. The van der Waals surface area contributed by atoms with Gasteiger partial charge in [0.05, 0.1) is 17.6 Å². The number of amides is 2. The minimum Gasteiger partial charge on any atom is -0.444 e. The molecular formula is C16H23N3O3S. The van der Waals surface area contributed by atoms with Gasteiger partial charge < -0.3 is 10.1 Å². The first-order chi connectivity index (χ1) is 10.8. The molecule has 0 bridgehead atoms. The molecule has 1 aromatic rings. The van der Waals surface area contributed by atoms with Crippen molar-refractivity contribution >= 4 is 23.8 Å². The minimum absolute atomic E-state index is 0.181. The molecule has 0 spiro atoms. The van der Waals surface area contributed by atoms with Crippen molar-refractivity contribution in [3.05, 3.63) is 30.1 Å². The second kappa shape index (κ2) is 7.21. The van der Waals surface area contributed by atoms with Crippen LogP contribution in [0.15, 0.2) is 24.4 Å². The van der Waals surface area contributed by atoms with Gasteiger partial charge in [0.2, 0.25) is 5.91 Å². The lowest BCUT2D eigenvalue weighted by Gasteiger charge is -2.28. The van der Waals surface area contributed by atoms with E-state index in [2.05, 4.69) is 10.3 Å².